The Labute approximate surface area is 180 Å². The van der Waals surface area contributed by atoms with Crippen molar-refractivity contribution in [2.45, 2.75) is 19.1 Å². The van der Waals surface area contributed by atoms with E-state index in [1.54, 1.807) is 12.1 Å². The number of halogens is 2. The highest BCUT2D eigenvalue weighted by atomic mass is 19.3. The van der Waals surface area contributed by atoms with Crippen LogP contribution in [0.25, 0.3) is 11.7 Å². The molecule has 32 heavy (non-hydrogen) atoms. The molecule has 3 aromatic rings. The molecule has 2 aromatic heterocycles. The smallest absolute Gasteiger partial charge is 0.459 e. The van der Waals surface area contributed by atoms with Crippen molar-refractivity contribution < 1.29 is 31.9 Å². The Balaban J connectivity index is 1.22. The summed E-state index contributed by atoms with van der Waals surface area (Å²) in [4.78, 5) is 18.7. The van der Waals surface area contributed by atoms with Gasteiger partial charge in [0.1, 0.15) is 6.07 Å². The molecule has 0 atom stereocenters. The van der Waals surface area contributed by atoms with E-state index in [4.69, 9.17) is 8.83 Å². The average Bonchev–Trinajstić information content (AvgIpc) is 3.50. The number of amides is 1. The third-order valence-corrected chi connectivity index (χ3v) is 5.27. The van der Waals surface area contributed by atoms with E-state index in [0.717, 1.165) is 0 Å². The van der Waals surface area contributed by atoms with Gasteiger partial charge in [-0.25, -0.2) is 0 Å². The molecule has 9 nitrogen and oxygen atoms in total. The molecular formula is C21H16F2N4O5. The monoisotopic (exact) mass is 442 g/mol. The number of aromatic nitrogens is 1. The first-order chi connectivity index (χ1) is 15.4. The van der Waals surface area contributed by atoms with Gasteiger partial charge in [0.2, 0.25) is 17.5 Å². The maximum atomic E-state index is 13.2. The molecule has 1 saturated heterocycles. The molecule has 164 valence electrons. The van der Waals surface area contributed by atoms with E-state index < -0.39 is 6.29 Å². The largest absolute Gasteiger partial charge is 0.586 e. The summed E-state index contributed by atoms with van der Waals surface area (Å²) < 4.78 is 46.1. The quantitative estimate of drug-likeness (QED) is 0.645. The molecule has 0 unspecified atom stereocenters. The van der Waals surface area contributed by atoms with Gasteiger partial charge >= 0.3 is 6.29 Å². The summed E-state index contributed by atoms with van der Waals surface area (Å²) in [6.45, 7) is 0.958. The van der Waals surface area contributed by atoms with Crippen LogP contribution in [0.1, 0.15) is 18.5 Å². The second-order valence-electron chi connectivity index (χ2n) is 7.34. The molecule has 11 heteroatoms. The number of fused-ring (bicyclic) bond motifs is 1. The van der Waals surface area contributed by atoms with Crippen LogP contribution in [0.5, 0.6) is 11.5 Å². The number of nitriles is 1. The van der Waals surface area contributed by atoms with Crippen molar-refractivity contribution in [2.75, 3.05) is 23.3 Å². The Kier molecular flexibility index (Phi) is 4.70. The van der Waals surface area contributed by atoms with Gasteiger partial charge in [0.25, 0.3) is 5.89 Å². The number of alkyl halides is 2. The predicted molar refractivity (Wildman–Crippen MR) is 105 cm³/mol. The van der Waals surface area contributed by atoms with Gasteiger partial charge in [-0.3, -0.25) is 4.79 Å². The highest BCUT2D eigenvalue weighted by molar-refractivity contribution is 5.93. The number of nitrogens with zero attached hydrogens (tertiary/aromatic N) is 3. The lowest BCUT2D eigenvalue weighted by atomic mass is 9.96. The second kappa shape index (κ2) is 7.56. The van der Waals surface area contributed by atoms with E-state index in [2.05, 4.69) is 19.8 Å². The van der Waals surface area contributed by atoms with Gasteiger partial charge in [-0.05, 0) is 37.1 Å². The van der Waals surface area contributed by atoms with Gasteiger partial charge in [-0.2, -0.15) is 10.2 Å². The minimum absolute atomic E-state index is 0.0874. The van der Waals surface area contributed by atoms with Crippen molar-refractivity contribution in [2.24, 2.45) is 5.92 Å². The average molecular weight is 442 g/mol. The van der Waals surface area contributed by atoms with Crippen LogP contribution in [0, 0.1) is 17.2 Å². The zero-order valence-corrected chi connectivity index (χ0v) is 16.5. The van der Waals surface area contributed by atoms with Crippen LogP contribution < -0.4 is 19.7 Å². The van der Waals surface area contributed by atoms with Crippen LogP contribution in [0.15, 0.2) is 45.4 Å². The predicted octanol–water partition coefficient (Wildman–Crippen LogP) is 3.98. The summed E-state index contributed by atoms with van der Waals surface area (Å²) >= 11 is 0. The molecule has 0 bridgehead atoms. The molecule has 5 rings (SSSR count). The Morgan fingerprint density at radius 2 is 2.00 bits per heavy atom. The van der Waals surface area contributed by atoms with Crippen molar-refractivity contribution in [3.8, 4) is 29.2 Å². The molecule has 0 aliphatic carbocycles. The number of ether oxygens (including phenoxy) is 2. The summed E-state index contributed by atoms with van der Waals surface area (Å²) in [6, 6.07) is 9.50. The molecule has 2 aliphatic rings. The third-order valence-electron chi connectivity index (χ3n) is 5.27. The number of oxazole rings is 1. The molecule has 0 saturated carbocycles. The number of piperidine rings is 1. The Hall–Kier alpha value is -4.07. The SMILES string of the molecule is N#Cc1nc(-c2ccco2)oc1N1CCC(C(=O)Nc2ccc3c(c2)OC(F)(F)O3)CC1. The van der Waals surface area contributed by atoms with Crippen LogP contribution >= 0.6 is 0 Å². The molecule has 1 aromatic carbocycles. The van der Waals surface area contributed by atoms with Crippen molar-refractivity contribution in [3.05, 3.63) is 42.3 Å². The van der Waals surface area contributed by atoms with E-state index in [9.17, 15) is 18.8 Å². The normalized spacial score (nSPS) is 17.2. The second-order valence-corrected chi connectivity index (χ2v) is 7.34. The fraction of sp³-hybridized carbons (Fsp3) is 0.286. The fourth-order valence-corrected chi connectivity index (χ4v) is 3.72. The van der Waals surface area contributed by atoms with Gasteiger partial charge in [-0.15, -0.1) is 8.78 Å². The molecule has 4 heterocycles. The number of carbonyl (C=O) groups excluding carboxylic acids is 1. The molecule has 0 spiro atoms. The summed E-state index contributed by atoms with van der Waals surface area (Å²) in [5.74, 6) is 0.230. The number of carbonyl (C=O) groups is 1. The summed E-state index contributed by atoms with van der Waals surface area (Å²) in [5, 5.41) is 12.1. The summed E-state index contributed by atoms with van der Waals surface area (Å²) in [7, 11) is 0. The standard InChI is InChI=1S/C21H16F2N4O5/c22-21(23)31-15-4-3-13(10-17(15)32-21)25-18(28)12-5-7-27(8-6-12)20-14(11-24)26-19(30-20)16-2-1-9-29-16/h1-4,9-10,12H,5-8H2,(H,25,28). The molecule has 1 fully saturated rings. The summed E-state index contributed by atoms with van der Waals surface area (Å²) in [6.07, 6.45) is -1.20. The van der Waals surface area contributed by atoms with E-state index in [0.29, 0.717) is 43.3 Å². The van der Waals surface area contributed by atoms with Gasteiger partial charge < -0.3 is 28.5 Å². The first-order valence-corrected chi connectivity index (χ1v) is 9.82. The molecule has 1 amide bonds. The Morgan fingerprint density at radius 1 is 1.22 bits per heavy atom. The van der Waals surface area contributed by atoms with Crippen LogP contribution in [0.2, 0.25) is 0 Å². The van der Waals surface area contributed by atoms with Crippen LogP contribution in [0.4, 0.5) is 20.4 Å². The minimum atomic E-state index is -3.71. The highest BCUT2D eigenvalue weighted by Gasteiger charge is 2.43. The Bertz CT molecular complexity index is 1190. The zero-order valence-electron chi connectivity index (χ0n) is 16.5. The topological polar surface area (TPSA) is 114 Å². The van der Waals surface area contributed by atoms with Crippen LogP contribution in [0.3, 0.4) is 0 Å². The van der Waals surface area contributed by atoms with Gasteiger partial charge in [0.15, 0.2) is 17.3 Å². The minimum Gasteiger partial charge on any atom is -0.459 e. The van der Waals surface area contributed by atoms with Gasteiger partial charge in [0, 0.05) is 30.8 Å². The maximum Gasteiger partial charge on any atom is 0.586 e. The van der Waals surface area contributed by atoms with E-state index in [1.807, 2.05) is 11.0 Å². The molecule has 1 N–H and O–H groups in total. The number of hydrogen-bond donors (Lipinski definition) is 1. The number of anilines is 2. The van der Waals surface area contributed by atoms with Gasteiger partial charge in [0.05, 0.1) is 6.26 Å². The fourth-order valence-electron chi connectivity index (χ4n) is 3.72. The third kappa shape index (κ3) is 3.71. The number of rotatable bonds is 4. The Morgan fingerprint density at radius 3 is 2.72 bits per heavy atom. The van der Waals surface area contributed by atoms with Crippen LogP contribution in [-0.4, -0.2) is 30.3 Å². The molecule has 0 radical (unpaired) electrons. The van der Waals surface area contributed by atoms with Crippen LogP contribution in [-0.2, 0) is 4.79 Å². The van der Waals surface area contributed by atoms with E-state index in [-0.39, 0.29) is 34.9 Å². The zero-order chi connectivity index (χ0) is 22.3. The van der Waals surface area contributed by atoms with E-state index >= 15 is 0 Å². The number of nitrogens with one attached hydrogen (secondary N) is 1. The first kappa shape index (κ1) is 19.9. The van der Waals surface area contributed by atoms with Crippen molar-refractivity contribution in [3.63, 3.8) is 0 Å². The molecular weight excluding hydrogens is 426 g/mol. The van der Waals surface area contributed by atoms with Crippen molar-refractivity contribution >= 4 is 17.5 Å². The first-order valence-electron chi connectivity index (χ1n) is 9.82. The van der Waals surface area contributed by atoms with E-state index in [1.165, 1.54) is 24.5 Å². The summed E-state index contributed by atoms with van der Waals surface area (Å²) in [5.41, 5.74) is 0.485. The van der Waals surface area contributed by atoms with Gasteiger partial charge in [-0.1, -0.05) is 0 Å². The maximum absolute atomic E-state index is 13.2. The number of furan rings is 1. The highest BCUT2D eigenvalue weighted by Crippen LogP contribution is 2.42. The van der Waals surface area contributed by atoms with Crippen molar-refractivity contribution in [1.29, 1.82) is 5.26 Å². The van der Waals surface area contributed by atoms with Crippen molar-refractivity contribution in [1.82, 2.24) is 4.98 Å². The lowest BCUT2D eigenvalue weighted by molar-refractivity contribution is -0.286. The number of benzene rings is 1. The lowest BCUT2D eigenvalue weighted by Crippen LogP contribution is -2.38. The lowest BCUT2D eigenvalue weighted by Gasteiger charge is -2.30. The molecule has 2 aliphatic heterocycles. The number of hydrogen-bond acceptors (Lipinski definition) is 8.